The highest BCUT2D eigenvalue weighted by Gasteiger charge is 2.16. The number of hydrogen-bond acceptors (Lipinski definition) is 4. The second-order valence-electron chi connectivity index (χ2n) is 6.61. The summed E-state index contributed by atoms with van der Waals surface area (Å²) in [6.07, 6.45) is 6.12. The topological polar surface area (TPSA) is 60.7 Å². The molecule has 0 atom stereocenters. The second-order valence-corrected chi connectivity index (χ2v) is 6.61. The molecule has 2 rings (SSSR count). The van der Waals surface area contributed by atoms with Crippen molar-refractivity contribution in [2.24, 2.45) is 7.05 Å². The number of ether oxygens (including phenoxy) is 2. The van der Waals surface area contributed by atoms with Gasteiger partial charge in [-0.1, -0.05) is 17.2 Å². The fraction of sp³-hybridized carbons (Fsp3) is 0.381. The zero-order valence-electron chi connectivity index (χ0n) is 16.1. The minimum Gasteiger partial charge on any atom is -0.500 e. The molecule has 0 fully saturated rings. The molecule has 0 radical (unpaired) electrons. The van der Waals surface area contributed by atoms with E-state index in [2.05, 4.69) is 26.8 Å². The fourth-order valence-corrected chi connectivity index (χ4v) is 2.70. The number of nitrogens with zero attached hydrogens (tertiary/aromatic N) is 1. The van der Waals surface area contributed by atoms with Crippen molar-refractivity contribution in [1.82, 2.24) is 4.57 Å². The summed E-state index contributed by atoms with van der Waals surface area (Å²) < 4.78 is 12.4. The van der Waals surface area contributed by atoms with Gasteiger partial charge in [-0.2, -0.15) is 0 Å². The third-order valence-electron chi connectivity index (χ3n) is 4.28. The van der Waals surface area contributed by atoms with Crippen molar-refractivity contribution in [3.63, 3.8) is 0 Å². The fourth-order valence-electron chi connectivity index (χ4n) is 2.70. The molecule has 0 amide bonds. The number of aromatic hydroxyl groups is 1. The molecule has 0 bridgehead atoms. The molecule has 0 spiro atoms. The maximum atomic E-state index is 12.3. The number of rotatable bonds is 7. The van der Waals surface area contributed by atoms with Crippen molar-refractivity contribution in [1.29, 1.82) is 0 Å². The minimum absolute atomic E-state index is 0.208. The Hall–Kier alpha value is -2.69. The van der Waals surface area contributed by atoms with Crippen LogP contribution in [0.4, 0.5) is 0 Å². The number of aryl methyl sites for hydroxylation is 1. The van der Waals surface area contributed by atoms with E-state index in [-0.39, 0.29) is 11.5 Å². The highest BCUT2D eigenvalue weighted by atomic mass is 16.5. The van der Waals surface area contributed by atoms with Crippen molar-refractivity contribution >= 4 is 10.9 Å². The summed E-state index contributed by atoms with van der Waals surface area (Å²) in [4.78, 5) is 12.3. The van der Waals surface area contributed by atoms with Crippen molar-refractivity contribution in [2.75, 3.05) is 13.7 Å². The monoisotopic (exact) mass is 357 g/mol. The van der Waals surface area contributed by atoms with Crippen molar-refractivity contribution in [3.8, 4) is 17.2 Å². The van der Waals surface area contributed by atoms with E-state index in [0.717, 1.165) is 12.8 Å². The highest BCUT2D eigenvalue weighted by molar-refractivity contribution is 5.88. The van der Waals surface area contributed by atoms with Crippen LogP contribution in [0.1, 0.15) is 33.6 Å². The second kappa shape index (κ2) is 8.61. The molecule has 5 nitrogen and oxygen atoms in total. The standard InChI is InChI=1S/C21H27NO4/c1-14(2)7-6-8-15(3)11-12-26-20-17-10-9-16(25-5)13-18(17)22(4)21(24)19(20)23/h7,9-11,13,23H,6,8,12H2,1-5H3/b15-11+. The van der Waals surface area contributed by atoms with Gasteiger partial charge in [0.1, 0.15) is 12.4 Å². The number of allylic oxidation sites excluding steroid dienone is 3. The van der Waals surface area contributed by atoms with Gasteiger partial charge in [0.15, 0.2) is 5.75 Å². The largest absolute Gasteiger partial charge is 0.500 e. The van der Waals surface area contributed by atoms with Crippen LogP contribution in [0.3, 0.4) is 0 Å². The van der Waals surface area contributed by atoms with Gasteiger partial charge in [0, 0.05) is 18.5 Å². The predicted molar refractivity (Wildman–Crippen MR) is 105 cm³/mol. The predicted octanol–water partition coefficient (Wildman–Crippen LogP) is 4.32. The van der Waals surface area contributed by atoms with Gasteiger partial charge in [-0.05, 0) is 51.8 Å². The molecule has 0 aliphatic carbocycles. The Morgan fingerprint density at radius 3 is 2.62 bits per heavy atom. The van der Waals surface area contributed by atoms with Crippen LogP contribution in [0.2, 0.25) is 0 Å². The third kappa shape index (κ3) is 4.48. The van der Waals surface area contributed by atoms with Crippen LogP contribution in [-0.4, -0.2) is 23.4 Å². The molecule has 1 aromatic carbocycles. The molecule has 0 saturated carbocycles. The van der Waals surface area contributed by atoms with Gasteiger partial charge in [0.25, 0.3) is 5.56 Å². The van der Waals surface area contributed by atoms with E-state index >= 15 is 0 Å². The van der Waals surface area contributed by atoms with Crippen LogP contribution in [0.5, 0.6) is 17.2 Å². The number of hydrogen-bond donors (Lipinski definition) is 1. The molecule has 0 aliphatic heterocycles. The first kappa shape index (κ1) is 19.6. The lowest BCUT2D eigenvalue weighted by atomic mass is 10.1. The van der Waals surface area contributed by atoms with Crippen LogP contribution in [0.15, 0.2) is 46.3 Å². The Morgan fingerprint density at radius 2 is 1.96 bits per heavy atom. The van der Waals surface area contributed by atoms with Gasteiger partial charge >= 0.3 is 0 Å². The zero-order valence-corrected chi connectivity index (χ0v) is 16.1. The summed E-state index contributed by atoms with van der Waals surface area (Å²) in [5.74, 6) is 0.471. The molecule has 26 heavy (non-hydrogen) atoms. The summed E-state index contributed by atoms with van der Waals surface area (Å²) in [6.45, 7) is 6.51. The summed E-state index contributed by atoms with van der Waals surface area (Å²) in [5.41, 5.74) is 2.66. The molecule has 1 heterocycles. The van der Waals surface area contributed by atoms with Gasteiger partial charge in [0.05, 0.1) is 12.6 Å². The van der Waals surface area contributed by atoms with E-state index in [4.69, 9.17) is 9.47 Å². The summed E-state index contributed by atoms with van der Waals surface area (Å²) in [7, 11) is 3.18. The number of pyridine rings is 1. The molecule has 140 valence electrons. The van der Waals surface area contributed by atoms with Crippen molar-refractivity contribution in [2.45, 2.75) is 33.6 Å². The summed E-state index contributed by atoms with van der Waals surface area (Å²) in [6, 6.07) is 5.32. The van der Waals surface area contributed by atoms with Gasteiger partial charge in [-0.25, -0.2) is 0 Å². The highest BCUT2D eigenvalue weighted by Crippen LogP contribution is 2.33. The van der Waals surface area contributed by atoms with Crippen LogP contribution in [0, 0.1) is 0 Å². The number of benzene rings is 1. The average molecular weight is 357 g/mol. The maximum absolute atomic E-state index is 12.3. The van der Waals surface area contributed by atoms with E-state index in [0.29, 0.717) is 23.3 Å². The molecule has 1 aromatic heterocycles. The quantitative estimate of drug-likeness (QED) is 0.750. The van der Waals surface area contributed by atoms with Gasteiger partial charge in [0.2, 0.25) is 5.75 Å². The van der Waals surface area contributed by atoms with Gasteiger partial charge < -0.3 is 19.1 Å². The average Bonchev–Trinajstić information content (AvgIpc) is 2.62. The first-order valence-electron chi connectivity index (χ1n) is 8.66. The van der Waals surface area contributed by atoms with E-state index in [1.807, 2.05) is 6.08 Å². The first-order valence-corrected chi connectivity index (χ1v) is 8.66. The Kier molecular flexibility index (Phi) is 6.50. The van der Waals surface area contributed by atoms with Crippen molar-refractivity contribution < 1.29 is 14.6 Å². The number of fused-ring (bicyclic) bond motifs is 1. The van der Waals surface area contributed by atoms with Crippen LogP contribution < -0.4 is 15.0 Å². The molecule has 1 N–H and O–H groups in total. The van der Waals surface area contributed by atoms with Crippen LogP contribution in [0.25, 0.3) is 10.9 Å². The Labute approximate surface area is 154 Å². The number of methoxy groups -OCH3 is 1. The SMILES string of the molecule is COc1ccc2c(OC/C=C(\C)CCC=C(C)C)c(O)c(=O)n(C)c2c1. The summed E-state index contributed by atoms with van der Waals surface area (Å²) in [5, 5.41) is 10.9. The first-order chi connectivity index (χ1) is 12.3. The Bertz CT molecular complexity index is 902. The molecule has 0 aliphatic rings. The van der Waals surface area contributed by atoms with Gasteiger partial charge in [-0.3, -0.25) is 4.79 Å². The summed E-state index contributed by atoms with van der Waals surface area (Å²) >= 11 is 0. The van der Waals surface area contributed by atoms with E-state index in [1.165, 1.54) is 15.7 Å². The lowest BCUT2D eigenvalue weighted by Crippen LogP contribution is -2.17. The maximum Gasteiger partial charge on any atom is 0.296 e. The van der Waals surface area contributed by atoms with E-state index < -0.39 is 5.56 Å². The molecule has 0 unspecified atom stereocenters. The molecule has 0 saturated heterocycles. The Balaban J connectivity index is 2.26. The zero-order chi connectivity index (χ0) is 19.3. The van der Waals surface area contributed by atoms with Gasteiger partial charge in [-0.15, -0.1) is 0 Å². The molecular formula is C21H27NO4. The Morgan fingerprint density at radius 1 is 1.23 bits per heavy atom. The normalized spacial score (nSPS) is 11.5. The van der Waals surface area contributed by atoms with Crippen LogP contribution in [-0.2, 0) is 7.05 Å². The smallest absolute Gasteiger partial charge is 0.296 e. The van der Waals surface area contributed by atoms with Crippen molar-refractivity contribution in [3.05, 3.63) is 51.9 Å². The minimum atomic E-state index is -0.495. The number of aromatic nitrogens is 1. The third-order valence-corrected chi connectivity index (χ3v) is 4.28. The lowest BCUT2D eigenvalue weighted by Gasteiger charge is -2.13. The lowest BCUT2D eigenvalue weighted by molar-refractivity contribution is 0.335. The molecule has 5 heteroatoms. The molecular weight excluding hydrogens is 330 g/mol. The van der Waals surface area contributed by atoms with E-state index in [9.17, 15) is 9.90 Å². The van der Waals surface area contributed by atoms with Crippen LogP contribution >= 0.6 is 0 Å². The van der Waals surface area contributed by atoms with E-state index in [1.54, 1.807) is 32.4 Å². The molecule has 2 aromatic rings.